The first-order chi connectivity index (χ1) is 9.86. The molecule has 1 aliphatic carbocycles. The van der Waals surface area contributed by atoms with Crippen molar-refractivity contribution in [2.24, 2.45) is 5.92 Å². The number of alkyl halides is 1. The van der Waals surface area contributed by atoms with Gasteiger partial charge in [-0.2, -0.15) is 0 Å². The summed E-state index contributed by atoms with van der Waals surface area (Å²) in [4.78, 5) is -0.301. The molecule has 0 aliphatic heterocycles. The zero-order chi connectivity index (χ0) is 15.6. The molecule has 0 spiro atoms. The summed E-state index contributed by atoms with van der Waals surface area (Å²) in [5.41, 5.74) is 0. The second kappa shape index (κ2) is 7.01. The maximum atomic E-state index is 13.7. The minimum Gasteiger partial charge on any atom is -0.208 e. The summed E-state index contributed by atoms with van der Waals surface area (Å²) >= 11 is 17.2. The predicted octanol–water partition coefficient (Wildman–Crippen LogP) is 4.21. The van der Waals surface area contributed by atoms with Gasteiger partial charge >= 0.3 is 0 Å². The molecule has 0 bridgehead atoms. The Hall–Kier alpha value is -0.0700. The second-order valence-electron chi connectivity index (χ2n) is 5.10. The Morgan fingerprint density at radius 2 is 1.90 bits per heavy atom. The molecule has 1 aromatic carbocycles. The van der Waals surface area contributed by atoms with Crippen molar-refractivity contribution in [3.8, 4) is 0 Å². The van der Waals surface area contributed by atoms with Crippen LogP contribution in [0.2, 0.25) is 10.0 Å². The summed E-state index contributed by atoms with van der Waals surface area (Å²) in [6.45, 7) is 0. The molecule has 2 atom stereocenters. The van der Waals surface area contributed by atoms with Gasteiger partial charge in [-0.15, -0.1) is 11.6 Å². The molecule has 0 heterocycles. The molecule has 1 aliphatic rings. The van der Waals surface area contributed by atoms with Crippen LogP contribution in [0.25, 0.3) is 0 Å². The highest BCUT2D eigenvalue weighted by Crippen LogP contribution is 2.31. The topological polar surface area (TPSA) is 46.2 Å². The fraction of sp³-hybridized carbons (Fsp3) is 0.538. The van der Waals surface area contributed by atoms with Crippen molar-refractivity contribution in [3.63, 3.8) is 0 Å². The molecule has 0 amide bonds. The highest BCUT2D eigenvalue weighted by Gasteiger charge is 2.30. The normalized spacial score (nSPS) is 23.2. The van der Waals surface area contributed by atoms with Gasteiger partial charge in [-0.25, -0.2) is 17.5 Å². The quantitative estimate of drug-likeness (QED) is 0.634. The first-order valence-corrected chi connectivity index (χ1v) is 9.36. The summed E-state index contributed by atoms with van der Waals surface area (Å²) in [5, 5.41) is -0.705. The Labute approximate surface area is 138 Å². The van der Waals surface area contributed by atoms with Crippen molar-refractivity contribution in [2.45, 2.75) is 36.6 Å². The van der Waals surface area contributed by atoms with Crippen LogP contribution in [0.4, 0.5) is 4.39 Å². The molecular formula is C13H15Cl3FNO2S. The second-order valence-corrected chi connectivity index (χ2v) is 7.88. The third-order valence-electron chi connectivity index (χ3n) is 3.70. The van der Waals surface area contributed by atoms with Crippen LogP contribution >= 0.6 is 34.8 Å². The first-order valence-electron chi connectivity index (χ1n) is 6.58. The van der Waals surface area contributed by atoms with Gasteiger partial charge in [0.15, 0.2) is 5.82 Å². The number of nitrogens with one attached hydrogen (secondary N) is 1. The molecule has 21 heavy (non-hydrogen) atoms. The Kier molecular flexibility index (Phi) is 5.77. The summed E-state index contributed by atoms with van der Waals surface area (Å²) in [6, 6.07) is 2.13. The van der Waals surface area contributed by atoms with E-state index in [1.54, 1.807) is 0 Å². The number of hydrogen-bond donors (Lipinski definition) is 1. The average molecular weight is 375 g/mol. The zero-order valence-electron chi connectivity index (χ0n) is 11.1. The van der Waals surface area contributed by atoms with Gasteiger partial charge in [0.05, 0.1) is 10.0 Å². The van der Waals surface area contributed by atoms with Gasteiger partial charge in [0, 0.05) is 11.9 Å². The molecule has 3 nitrogen and oxygen atoms in total. The average Bonchev–Trinajstić information content (AvgIpc) is 2.44. The van der Waals surface area contributed by atoms with Gasteiger partial charge in [-0.3, -0.25) is 0 Å². The molecule has 8 heteroatoms. The minimum absolute atomic E-state index is 0.0751. The Morgan fingerprint density at radius 3 is 2.57 bits per heavy atom. The summed E-state index contributed by atoms with van der Waals surface area (Å²) in [5.74, 6) is -0.472. The Morgan fingerprint density at radius 1 is 1.24 bits per heavy atom. The van der Waals surface area contributed by atoms with Gasteiger partial charge in [0.1, 0.15) is 4.90 Å². The van der Waals surface area contributed by atoms with Crippen LogP contribution in [0, 0.1) is 11.7 Å². The van der Waals surface area contributed by atoms with E-state index in [1.165, 1.54) is 12.1 Å². The maximum absolute atomic E-state index is 13.7. The van der Waals surface area contributed by atoms with Crippen LogP contribution in [-0.4, -0.2) is 20.3 Å². The van der Waals surface area contributed by atoms with E-state index in [9.17, 15) is 12.8 Å². The number of halogens is 4. The zero-order valence-corrected chi connectivity index (χ0v) is 14.2. The van der Waals surface area contributed by atoms with E-state index in [1.807, 2.05) is 0 Å². The van der Waals surface area contributed by atoms with E-state index < -0.39 is 20.9 Å². The number of rotatable bonds is 4. The van der Waals surface area contributed by atoms with Crippen molar-refractivity contribution in [1.82, 2.24) is 4.72 Å². The maximum Gasteiger partial charge on any atom is 0.242 e. The fourth-order valence-corrected chi connectivity index (χ4v) is 4.98. The van der Waals surface area contributed by atoms with Crippen LogP contribution in [-0.2, 0) is 10.0 Å². The Bertz CT molecular complexity index is 624. The SMILES string of the molecule is O=S(=O)(NC1CCCCC1CCl)c1ccc(Cl)c(F)c1Cl. The summed E-state index contributed by atoms with van der Waals surface area (Å²) in [7, 11) is -3.91. The van der Waals surface area contributed by atoms with Gasteiger partial charge in [0.2, 0.25) is 10.0 Å². The molecule has 2 rings (SSSR count). The van der Waals surface area contributed by atoms with Gasteiger partial charge < -0.3 is 0 Å². The molecular weight excluding hydrogens is 360 g/mol. The lowest BCUT2D eigenvalue weighted by Gasteiger charge is -2.30. The van der Waals surface area contributed by atoms with Crippen LogP contribution in [0.3, 0.4) is 0 Å². The molecule has 0 aromatic heterocycles. The third kappa shape index (κ3) is 3.82. The van der Waals surface area contributed by atoms with Crippen LogP contribution in [0.5, 0.6) is 0 Å². The van der Waals surface area contributed by atoms with Crippen molar-refractivity contribution in [2.75, 3.05) is 5.88 Å². The monoisotopic (exact) mass is 373 g/mol. The fourth-order valence-electron chi connectivity index (χ4n) is 2.53. The van der Waals surface area contributed by atoms with Gasteiger partial charge in [0.25, 0.3) is 0 Å². The van der Waals surface area contributed by atoms with Crippen LogP contribution in [0.15, 0.2) is 17.0 Å². The molecule has 0 radical (unpaired) electrons. The van der Waals surface area contributed by atoms with Crippen molar-refractivity contribution in [1.29, 1.82) is 0 Å². The van der Waals surface area contributed by atoms with E-state index in [4.69, 9.17) is 34.8 Å². The van der Waals surface area contributed by atoms with Crippen LogP contribution in [0.1, 0.15) is 25.7 Å². The smallest absolute Gasteiger partial charge is 0.208 e. The minimum atomic E-state index is -3.91. The van der Waals surface area contributed by atoms with Crippen molar-refractivity contribution >= 4 is 44.8 Å². The van der Waals surface area contributed by atoms with Crippen LogP contribution < -0.4 is 4.72 Å². The molecule has 0 saturated heterocycles. The lowest BCUT2D eigenvalue weighted by Crippen LogP contribution is -2.42. The highest BCUT2D eigenvalue weighted by atomic mass is 35.5. The molecule has 1 aromatic rings. The Balaban J connectivity index is 2.28. The summed E-state index contributed by atoms with van der Waals surface area (Å²) < 4.78 is 41.1. The number of sulfonamides is 1. The van der Waals surface area contributed by atoms with E-state index in [0.29, 0.717) is 12.3 Å². The third-order valence-corrected chi connectivity index (χ3v) is 6.41. The largest absolute Gasteiger partial charge is 0.242 e. The van der Waals surface area contributed by atoms with E-state index in [0.717, 1.165) is 19.3 Å². The molecule has 1 fully saturated rings. The lowest BCUT2D eigenvalue weighted by molar-refractivity contribution is 0.314. The number of benzene rings is 1. The molecule has 1 N–H and O–H groups in total. The molecule has 118 valence electrons. The van der Waals surface area contributed by atoms with E-state index in [-0.39, 0.29) is 21.9 Å². The van der Waals surface area contributed by atoms with Crippen molar-refractivity contribution < 1.29 is 12.8 Å². The predicted molar refractivity (Wildman–Crippen MR) is 83.2 cm³/mol. The highest BCUT2D eigenvalue weighted by molar-refractivity contribution is 7.89. The van der Waals surface area contributed by atoms with Gasteiger partial charge in [-0.1, -0.05) is 36.0 Å². The summed E-state index contributed by atoms with van der Waals surface area (Å²) in [6.07, 6.45) is 3.55. The van der Waals surface area contributed by atoms with Crippen molar-refractivity contribution in [3.05, 3.63) is 28.0 Å². The first kappa shape index (κ1) is 17.3. The molecule has 1 saturated carbocycles. The lowest BCUT2D eigenvalue weighted by atomic mass is 9.86. The van der Waals surface area contributed by atoms with Gasteiger partial charge in [-0.05, 0) is 30.9 Å². The van der Waals surface area contributed by atoms with E-state index in [2.05, 4.69) is 4.72 Å². The molecule has 2 unspecified atom stereocenters. The standard InChI is InChI=1S/C13H15Cl3FNO2S/c14-7-8-3-1-2-4-10(8)18-21(19,20)11-6-5-9(15)13(17)12(11)16/h5-6,8,10,18H,1-4,7H2. The van der Waals surface area contributed by atoms with E-state index >= 15 is 0 Å². The number of hydrogen-bond acceptors (Lipinski definition) is 2.